The number of carboxylic acid groups (broad SMARTS) is 1. The van der Waals surface area contributed by atoms with Crippen molar-refractivity contribution in [3.63, 3.8) is 0 Å². The molecule has 0 aromatic heterocycles. The Hall–Kier alpha value is -1.39. The van der Waals surface area contributed by atoms with Gasteiger partial charge in [0.1, 0.15) is 6.29 Å². The predicted molar refractivity (Wildman–Crippen MR) is 36.1 cm³/mol. The maximum atomic E-state index is 10.6. The zero-order valence-electron chi connectivity index (χ0n) is 6.27. The maximum Gasteiger partial charge on any atom is 0.414 e. The van der Waals surface area contributed by atoms with E-state index in [2.05, 4.69) is 0 Å². The fourth-order valence-corrected chi connectivity index (χ4v) is 0.657. The molecule has 5 nitrogen and oxygen atoms in total. The van der Waals surface area contributed by atoms with Crippen molar-refractivity contribution in [1.29, 1.82) is 0 Å². The van der Waals surface area contributed by atoms with E-state index < -0.39 is 18.0 Å². The van der Waals surface area contributed by atoms with Crippen molar-refractivity contribution in [3.8, 4) is 0 Å². The van der Waals surface area contributed by atoms with E-state index >= 15 is 0 Å². The summed E-state index contributed by atoms with van der Waals surface area (Å²) in [5.41, 5.74) is 0. The molecule has 0 aliphatic heterocycles. The molecular weight excluding hydrogens is 150 g/mol. The number of hydrogen-bond donors (Lipinski definition) is 1. The lowest BCUT2D eigenvalue weighted by Gasteiger charge is -2.17. The first-order valence-corrected chi connectivity index (χ1v) is 2.98. The number of rotatable bonds is 2. The zero-order valence-corrected chi connectivity index (χ0v) is 6.27. The maximum absolute atomic E-state index is 10.6. The molecule has 11 heavy (non-hydrogen) atoms. The zero-order chi connectivity index (χ0) is 9.02. The van der Waals surface area contributed by atoms with Gasteiger partial charge in [-0.15, -0.1) is 0 Å². The van der Waals surface area contributed by atoms with Crippen LogP contribution in [0.25, 0.3) is 0 Å². The highest BCUT2D eigenvalue weighted by atomic mass is 16.4. The second kappa shape index (κ2) is 3.70. The summed E-state index contributed by atoms with van der Waals surface area (Å²) >= 11 is 0. The van der Waals surface area contributed by atoms with Crippen LogP contribution in [0.3, 0.4) is 0 Å². The summed E-state index contributed by atoms with van der Waals surface area (Å²) in [4.78, 5) is 31.4. The Labute approximate surface area is 63.6 Å². The van der Waals surface area contributed by atoms with Crippen LogP contribution in [-0.2, 0) is 9.59 Å². The van der Waals surface area contributed by atoms with Gasteiger partial charge in [-0.2, -0.15) is 0 Å². The number of aldehydes is 1. The van der Waals surface area contributed by atoms with Crippen LogP contribution in [0.15, 0.2) is 0 Å². The van der Waals surface area contributed by atoms with Gasteiger partial charge in [0.05, 0.1) is 6.04 Å². The Morgan fingerprint density at radius 2 is 2.00 bits per heavy atom. The smallest absolute Gasteiger partial charge is 0.414 e. The molecule has 1 N–H and O–H groups in total. The van der Waals surface area contributed by atoms with Gasteiger partial charge >= 0.3 is 6.09 Å². The summed E-state index contributed by atoms with van der Waals surface area (Å²) < 4.78 is 0. The van der Waals surface area contributed by atoms with Gasteiger partial charge in [-0.1, -0.05) is 0 Å². The van der Waals surface area contributed by atoms with Crippen LogP contribution in [0.5, 0.6) is 0 Å². The molecule has 0 aliphatic carbocycles. The lowest BCUT2D eigenvalue weighted by atomic mass is 10.3. The molecule has 0 fully saturated rings. The predicted octanol–water partition coefficient (Wildman–Crippen LogP) is 0.100. The van der Waals surface area contributed by atoms with E-state index in [9.17, 15) is 14.4 Å². The van der Waals surface area contributed by atoms with E-state index in [0.29, 0.717) is 11.2 Å². The van der Waals surface area contributed by atoms with Crippen molar-refractivity contribution in [2.45, 2.75) is 19.9 Å². The van der Waals surface area contributed by atoms with E-state index in [1.165, 1.54) is 6.92 Å². The van der Waals surface area contributed by atoms with Gasteiger partial charge in [0, 0.05) is 6.92 Å². The largest absolute Gasteiger partial charge is 0.465 e. The van der Waals surface area contributed by atoms with E-state index in [-0.39, 0.29) is 0 Å². The van der Waals surface area contributed by atoms with E-state index in [0.717, 1.165) is 6.92 Å². The molecule has 2 amide bonds. The number of nitrogens with zero attached hydrogens (tertiary/aromatic N) is 1. The van der Waals surface area contributed by atoms with E-state index in [1.807, 2.05) is 0 Å². The highest BCUT2D eigenvalue weighted by Crippen LogP contribution is 1.96. The van der Waals surface area contributed by atoms with Crippen LogP contribution in [0.2, 0.25) is 0 Å². The van der Waals surface area contributed by atoms with Crippen molar-refractivity contribution < 1.29 is 19.5 Å². The van der Waals surface area contributed by atoms with Crippen LogP contribution in [-0.4, -0.2) is 34.3 Å². The fourth-order valence-electron chi connectivity index (χ4n) is 0.657. The number of hydrogen-bond acceptors (Lipinski definition) is 3. The molecule has 62 valence electrons. The first-order chi connectivity index (χ1) is 5.00. The minimum Gasteiger partial charge on any atom is -0.465 e. The quantitative estimate of drug-likeness (QED) is 0.580. The van der Waals surface area contributed by atoms with Gasteiger partial charge in [-0.3, -0.25) is 4.79 Å². The van der Waals surface area contributed by atoms with Crippen LogP contribution in [0.4, 0.5) is 4.79 Å². The van der Waals surface area contributed by atoms with Crippen molar-refractivity contribution >= 4 is 18.3 Å². The minimum absolute atomic E-state index is 0.398. The summed E-state index contributed by atoms with van der Waals surface area (Å²) in [7, 11) is 0. The summed E-state index contributed by atoms with van der Waals surface area (Å²) in [6.07, 6.45) is -1.01. The average molecular weight is 159 g/mol. The molecule has 0 heterocycles. The van der Waals surface area contributed by atoms with Gasteiger partial charge in [-0.25, -0.2) is 9.69 Å². The Kier molecular flexibility index (Phi) is 3.23. The Balaban J connectivity index is 4.46. The Morgan fingerprint density at radius 3 is 2.09 bits per heavy atom. The minimum atomic E-state index is -1.41. The molecule has 0 saturated carbocycles. The Bertz CT molecular complexity index is 175. The Morgan fingerprint density at radius 1 is 1.55 bits per heavy atom. The third-order valence-corrected chi connectivity index (χ3v) is 1.15. The standard InChI is InChI=1S/C6H9NO4/c1-4(3-8)7(5(2)9)6(10)11/h3-4H,1-2H3,(H,10,11)/t4-/m0/s1. The van der Waals surface area contributed by atoms with Crippen molar-refractivity contribution in [3.05, 3.63) is 0 Å². The second-order valence-corrected chi connectivity index (χ2v) is 2.05. The van der Waals surface area contributed by atoms with Crippen LogP contribution >= 0.6 is 0 Å². The first kappa shape index (κ1) is 9.61. The molecule has 0 aliphatic rings. The summed E-state index contributed by atoms with van der Waals surface area (Å²) in [5.74, 6) is -0.655. The summed E-state index contributed by atoms with van der Waals surface area (Å²) in [5, 5.41) is 8.39. The van der Waals surface area contributed by atoms with Crippen LogP contribution in [0.1, 0.15) is 13.8 Å². The molecule has 0 radical (unpaired) electrons. The topological polar surface area (TPSA) is 74.7 Å². The summed E-state index contributed by atoms with van der Waals surface area (Å²) in [6, 6.07) is -0.912. The molecule has 0 unspecified atom stereocenters. The van der Waals surface area contributed by atoms with E-state index in [4.69, 9.17) is 5.11 Å². The molecule has 1 atom stereocenters. The lowest BCUT2D eigenvalue weighted by molar-refractivity contribution is -0.131. The van der Waals surface area contributed by atoms with Crippen molar-refractivity contribution in [2.75, 3.05) is 0 Å². The third kappa shape index (κ3) is 2.37. The normalized spacial score (nSPS) is 11.8. The lowest BCUT2D eigenvalue weighted by Crippen LogP contribution is -2.41. The number of imide groups is 1. The fraction of sp³-hybridized carbons (Fsp3) is 0.500. The SMILES string of the molecule is CC(=O)N(C(=O)O)[C@@H](C)C=O. The van der Waals surface area contributed by atoms with Crippen molar-refractivity contribution in [2.24, 2.45) is 0 Å². The monoisotopic (exact) mass is 159 g/mol. The first-order valence-electron chi connectivity index (χ1n) is 2.98. The molecule has 0 aromatic carbocycles. The van der Waals surface area contributed by atoms with Gasteiger partial charge < -0.3 is 9.90 Å². The van der Waals surface area contributed by atoms with Gasteiger partial charge in [0.2, 0.25) is 5.91 Å². The molecule has 0 spiro atoms. The third-order valence-electron chi connectivity index (χ3n) is 1.15. The molecule has 0 aromatic rings. The van der Waals surface area contributed by atoms with E-state index in [1.54, 1.807) is 0 Å². The van der Waals surface area contributed by atoms with Crippen LogP contribution in [0, 0.1) is 0 Å². The molecule has 0 bridgehead atoms. The molecular formula is C6H9NO4. The summed E-state index contributed by atoms with van der Waals surface area (Å²) in [6.45, 7) is 2.43. The highest BCUT2D eigenvalue weighted by molar-refractivity contribution is 5.92. The average Bonchev–Trinajstić information content (AvgIpc) is 1.85. The number of carbonyl (C=O) groups is 3. The molecule has 5 heteroatoms. The highest BCUT2D eigenvalue weighted by Gasteiger charge is 2.22. The van der Waals surface area contributed by atoms with Gasteiger partial charge in [0.15, 0.2) is 0 Å². The number of carbonyl (C=O) groups excluding carboxylic acids is 2. The van der Waals surface area contributed by atoms with Gasteiger partial charge in [-0.05, 0) is 6.92 Å². The number of amides is 2. The molecule has 0 rings (SSSR count). The molecule has 0 saturated heterocycles. The second-order valence-electron chi connectivity index (χ2n) is 2.05. The van der Waals surface area contributed by atoms with Gasteiger partial charge in [0.25, 0.3) is 0 Å². The van der Waals surface area contributed by atoms with Crippen LogP contribution < -0.4 is 0 Å². The van der Waals surface area contributed by atoms with Crippen molar-refractivity contribution in [1.82, 2.24) is 4.90 Å².